The Balaban J connectivity index is 0.728. The summed E-state index contributed by atoms with van der Waals surface area (Å²) in [6.07, 6.45) is 6.26. The van der Waals surface area contributed by atoms with Gasteiger partial charge < -0.3 is 31.2 Å². The first-order valence-corrected chi connectivity index (χ1v) is 21.0. The van der Waals surface area contributed by atoms with Crippen molar-refractivity contribution in [2.24, 2.45) is 0 Å². The van der Waals surface area contributed by atoms with Crippen LogP contribution in [-0.4, -0.2) is 126 Å². The maximum atomic E-state index is 13.9. The van der Waals surface area contributed by atoms with Crippen LogP contribution in [0.2, 0.25) is 0 Å². The average Bonchev–Trinajstić information content (AvgIpc) is 3.79. The number of hydrogen-bond donors (Lipinski definition) is 6. The van der Waals surface area contributed by atoms with Crippen LogP contribution >= 0.6 is 0 Å². The van der Waals surface area contributed by atoms with Crippen molar-refractivity contribution in [3.8, 4) is 0 Å². The fourth-order valence-corrected chi connectivity index (χ4v) is 8.38. The van der Waals surface area contributed by atoms with E-state index in [0.717, 1.165) is 69.7 Å². The molecule has 2 fully saturated rings. The monoisotopic (exact) mass is 837 g/mol. The van der Waals surface area contributed by atoms with Crippen LogP contribution in [0.5, 0.6) is 0 Å². The summed E-state index contributed by atoms with van der Waals surface area (Å²) < 4.78 is 13.9. The normalized spacial score (nSPS) is 18.6. The first-order chi connectivity index (χ1) is 29.4. The van der Waals surface area contributed by atoms with E-state index < -0.39 is 35.5 Å². The van der Waals surface area contributed by atoms with Crippen LogP contribution in [0.15, 0.2) is 36.4 Å². The van der Waals surface area contributed by atoms with E-state index in [1.807, 2.05) is 13.8 Å². The minimum atomic E-state index is -0.992. The van der Waals surface area contributed by atoms with Gasteiger partial charge in [0.1, 0.15) is 11.9 Å². The molecule has 4 aliphatic rings. The summed E-state index contributed by atoms with van der Waals surface area (Å²) in [6, 6.07) is 8.13. The van der Waals surface area contributed by atoms with Crippen molar-refractivity contribution in [1.29, 1.82) is 0 Å². The van der Waals surface area contributed by atoms with Gasteiger partial charge in [-0.25, -0.2) is 4.39 Å². The quantitative estimate of drug-likeness (QED) is 0.0666. The van der Waals surface area contributed by atoms with E-state index in [9.17, 15) is 38.0 Å². The number of nitrogens with zero attached hydrogens (tertiary/aromatic N) is 3. The lowest BCUT2D eigenvalue weighted by molar-refractivity contribution is -0.136. The number of nitrogens with one attached hydrogen (secondary N) is 6. The van der Waals surface area contributed by atoms with Gasteiger partial charge in [0.2, 0.25) is 17.7 Å². The van der Waals surface area contributed by atoms with E-state index in [-0.39, 0.29) is 41.7 Å². The number of anilines is 2. The highest BCUT2D eigenvalue weighted by Gasteiger charge is 2.44. The summed E-state index contributed by atoms with van der Waals surface area (Å²) in [5, 5.41) is 14.3. The number of piperazine rings is 1. The average molecular weight is 838 g/mol. The number of aromatic nitrogens is 1. The summed E-state index contributed by atoms with van der Waals surface area (Å²) >= 11 is 0. The number of rotatable bonds is 17. The molecule has 7 rings (SSSR count). The Labute approximate surface area is 353 Å². The lowest BCUT2D eigenvalue weighted by Gasteiger charge is -2.34. The third-order valence-electron chi connectivity index (χ3n) is 11.7. The second-order valence-electron chi connectivity index (χ2n) is 16.0. The van der Waals surface area contributed by atoms with Crippen molar-refractivity contribution in [2.45, 2.75) is 64.8 Å². The number of unbranched alkanes of at least 4 members (excludes halogenated alkanes) is 3. The summed E-state index contributed by atoms with van der Waals surface area (Å²) in [7, 11) is 0. The maximum Gasteiger partial charge on any atom is 0.262 e. The van der Waals surface area contributed by atoms with Crippen LogP contribution in [0.4, 0.5) is 15.8 Å². The number of amides is 7. The zero-order chi connectivity index (χ0) is 43.2. The third kappa shape index (κ3) is 9.89. The molecular formula is C44H52FN9O7. The predicted octanol–water partition coefficient (Wildman–Crippen LogP) is 3.19. The van der Waals surface area contributed by atoms with Gasteiger partial charge in [0, 0.05) is 80.6 Å². The maximum absolute atomic E-state index is 13.9. The van der Waals surface area contributed by atoms with E-state index in [1.165, 1.54) is 18.2 Å². The molecule has 16 nitrogen and oxygen atoms in total. The number of hydrogen-bond acceptors (Lipinski definition) is 10. The van der Waals surface area contributed by atoms with Crippen molar-refractivity contribution in [1.82, 2.24) is 35.6 Å². The van der Waals surface area contributed by atoms with Gasteiger partial charge in [0.25, 0.3) is 23.6 Å². The summed E-state index contributed by atoms with van der Waals surface area (Å²) in [5.74, 6) is -3.04. The largest absolute Gasteiger partial charge is 0.385 e. The fourth-order valence-electron chi connectivity index (χ4n) is 8.38. The van der Waals surface area contributed by atoms with Gasteiger partial charge in [-0.15, -0.1) is 0 Å². The second-order valence-corrected chi connectivity index (χ2v) is 16.0. The number of imide groups is 2. The van der Waals surface area contributed by atoms with E-state index in [0.29, 0.717) is 71.2 Å². The summed E-state index contributed by atoms with van der Waals surface area (Å²) in [5.41, 5.74) is 5.11. The Morgan fingerprint density at radius 3 is 2.30 bits per heavy atom. The van der Waals surface area contributed by atoms with Crippen LogP contribution in [-0.2, 0) is 19.2 Å². The van der Waals surface area contributed by atoms with Gasteiger partial charge in [-0.1, -0.05) is 12.8 Å². The molecule has 17 heteroatoms. The highest BCUT2D eigenvalue weighted by atomic mass is 19.1. The number of carbonyl (C=O) groups excluding carboxylic acids is 7. The molecule has 0 radical (unpaired) electrons. The molecule has 0 bridgehead atoms. The Morgan fingerprint density at radius 2 is 1.52 bits per heavy atom. The molecule has 1 aromatic heterocycles. The van der Waals surface area contributed by atoms with Crippen LogP contribution in [0.1, 0.15) is 98.5 Å². The van der Waals surface area contributed by atoms with E-state index >= 15 is 0 Å². The number of piperidine rings is 1. The number of benzene rings is 2. The minimum absolute atomic E-state index is 0.0126. The number of aromatic amines is 1. The van der Waals surface area contributed by atoms with Gasteiger partial charge in [-0.3, -0.25) is 48.7 Å². The predicted molar refractivity (Wildman–Crippen MR) is 226 cm³/mol. The second kappa shape index (κ2) is 19.0. The van der Waals surface area contributed by atoms with Gasteiger partial charge in [-0.2, -0.15) is 0 Å². The van der Waals surface area contributed by atoms with Crippen molar-refractivity contribution in [3.63, 3.8) is 0 Å². The zero-order valence-electron chi connectivity index (χ0n) is 34.5. The molecule has 0 spiro atoms. The highest BCUT2D eigenvalue weighted by molar-refractivity contribution is 6.35. The number of fused-ring (bicyclic) bond motifs is 2. The van der Waals surface area contributed by atoms with Crippen molar-refractivity contribution in [3.05, 3.63) is 81.4 Å². The summed E-state index contributed by atoms with van der Waals surface area (Å²) in [6.45, 7) is 9.84. The smallest absolute Gasteiger partial charge is 0.262 e. The van der Waals surface area contributed by atoms with Crippen LogP contribution in [0.25, 0.3) is 11.6 Å². The lowest BCUT2D eigenvalue weighted by Crippen LogP contribution is -2.54. The van der Waals surface area contributed by atoms with Crippen LogP contribution in [0.3, 0.4) is 0 Å². The van der Waals surface area contributed by atoms with Gasteiger partial charge in [-0.05, 0) is 94.1 Å². The lowest BCUT2D eigenvalue weighted by atomic mass is 10.0. The highest BCUT2D eigenvalue weighted by Crippen LogP contribution is 2.35. The first kappa shape index (κ1) is 42.9. The molecule has 3 aromatic rings. The molecule has 1 atom stereocenters. The van der Waals surface area contributed by atoms with Gasteiger partial charge in [0.15, 0.2) is 0 Å². The SMILES string of the molecule is Cc1[nH]c(/C=C2\C(=O)Nc3ccc(F)cc32)c(C)c1C(=O)NCCCN1CCN(CC(=O)NCCCCCCNc2ccc3c(c2)C(=O)N(C2CCC(=O)NC2=O)C3=O)CC1. The van der Waals surface area contributed by atoms with E-state index in [2.05, 4.69) is 41.4 Å². The van der Waals surface area contributed by atoms with Gasteiger partial charge >= 0.3 is 0 Å². The molecular weight excluding hydrogens is 786 g/mol. The molecule has 2 saturated heterocycles. The topological polar surface area (TPSA) is 205 Å². The first-order valence-electron chi connectivity index (χ1n) is 21.0. The summed E-state index contributed by atoms with van der Waals surface area (Å²) in [4.78, 5) is 96.8. The Morgan fingerprint density at radius 1 is 0.803 bits per heavy atom. The van der Waals surface area contributed by atoms with Crippen molar-refractivity contribution < 1.29 is 38.0 Å². The Hall–Kier alpha value is -6.20. The molecule has 5 heterocycles. The number of aryl methyl sites for hydroxylation is 1. The van der Waals surface area contributed by atoms with Gasteiger partial charge in [0.05, 0.1) is 28.8 Å². The molecule has 1 unspecified atom stereocenters. The number of halogens is 1. The van der Waals surface area contributed by atoms with Crippen molar-refractivity contribution in [2.75, 3.05) is 69.5 Å². The van der Waals surface area contributed by atoms with E-state index in [4.69, 9.17) is 0 Å². The molecule has 4 aliphatic heterocycles. The molecule has 2 aromatic carbocycles. The molecule has 61 heavy (non-hydrogen) atoms. The number of carbonyl (C=O) groups is 7. The standard InChI is InChI=1S/C44H52FN9O7/c1-26-35(24-32-31-22-28(45)8-11-34(31)50-40(32)57)49-27(2)39(26)42(59)48-16-7-17-52-18-20-53(21-19-52)25-38(56)47-15-6-4-3-5-14-46-29-9-10-30-33(23-29)44(61)54(43(30)60)36-12-13-37(55)51-41(36)58/h8-11,22-24,36,46,49H,3-7,12-21,25H2,1-2H3,(H,47,56)(H,48,59)(H,50,57)(H,51,55,58)/b32-24-. The van der Waals surface area contributed by atoms with Crippen LogP contribution in [0, 0.1) is 19.7 Å². The molecule has 0 aliphatic carbocycles. The Bertz CT molecular complexity index is 2280. The molecule has 322 valence electrons. The Kier molecular flexibility index (Phi) is 13.4. The zero-order valence-corrected chi connectivity index (χ0v) is 34.5. The van der Waals surface area contributed by atoms with Crippen molar-refractivity contribution >= 4 is 64.4 Å². The third-order valence-corrected chi connectivity index (χ3v) is 11.7. The molecule has 6 N–H and O–H groups in total. The minimum Gasteiger partial charge on any atom is -0.385 e. The fraction of sp³-hybridized carbons (Fsp3) is 0.432. The van der Waals surface area contributed by atoms with Crippen LogP contribution < -0.4 is 26.6 Å². The number of H-pyrrole nitrogens is 1. The van der Waals surface area contributed by atoms with E-state index in [1.54, 1.807) is 24.3 Å². The molecule has 0 saturated carbocycles. The molecule has 7 amide bonds.